The minimum absolute atomic E-state index is 0.226. The molecule has 1 atom stereocenters. The van der Waals surface area contributed by atoms with Crippen molar-refractivity contribution in [3.63, 3.8) is 0 Å². The molecule has 0 N–H and O–H groups in total. The monoisotopic (exact) mass is 540 g/mol. The highest BCUT2D eigenvalue weighted by Crippen LogP contribution is 2.40. The molecule has 0 fully saturated rings. The molecule has 7 rings (SSSR count). The molecular formula is C38H28N4. The van der Waals surface area contributed by atoms with Gasteiger partial charge in [-0.05, 0) is 105 Å². The summed E-state index contributed by atoms with van der Waals surface area (Å²) >= 11 is 0. The van der Waals surface area contributed by atoms with Crippen molar-refractivity contribution in [3.05, 3.63) is 169 Å². The van der Waals surface area contributed by atoms with Crippen molar-refractivity contribution in [1.29, 1.82) is 0 Å². The predicted octanol–water partition coefficient (Wildman–Crippen LogP) is 8.92. The van der Waals surface area contributed by atoms with Crippen LogP contribution in [0.5, 0.6) is 0 Å². The second kappa shape index (κ2) is 11.6. The summed E-state index contributed by atoms with van der Waals surface area (Å²) in [6.45, 7) is 0. The molecule has 1 aliphatic rings. The summed E-state index contributed by atoms with van der Waals surface area (Å²) in [5.41, 5.74) is 12.7. The van der Waals surface area contributed by atoms with Crippen molar-refractivity contribution in [3.8, 4) is 33.4 Å². The predicted molar refractivity (Wildman–Crippen MR) is 170 cm³/mol. The van der Waals surface area contributed by atoms with Crippen LogP contribution < -0.4 is 0 Å². The van der Waals surface area contributed by atoms with E-state index in [4.69, 9.17) is 0 Å². The number of allylic oxidation sites excluding steroid dienone is 4. The zero-order valence-electron chi connectivity index (χ0n) is 23.0. The molecule has 4 nitrogen and oxygen atoms in total. The van der Waals surface area contributed by atoms with Crippen molar-refractivity contribution < 1.29 is 0 Å². The largest absolute Gasteiger partial charge is 0.264 e. The standard InChI is InChI=1S/C38H28N4/c1-6-27(33-17-35(29-8-2-12-39-23-29)21-36(18-33)30-9-3-13-40-24-30)16-28(7-1)34-19-37(31-10-4-14-41-25-31)22-38(20-34)32-11-5-15-42-26-32/h1-21,23-26,37H,22H2. The number of aromatic nitrogens is 4. The molecule has 6 aromatic rings. The Morgan fingerprint density at radius 2 is 0.952 bits per heavy atom. The maximum Gasteiger partial charge on any atom is 0.0346 e. The Balaban J connectivity index is 1.34. The molecular weight excluding hydrogens is 512 g/mol. The van der Waals surface area contributed by atoms with Gasteiger partial charge in [0.2, 0.25) is 0 Å². The zero-order chi connectivity index (χ0) is 28.1. The summed E-state index contributed by atoms with van der Waals surface area (Å²) in [6.07, 6.45) is 20.6. The molecule has 0 radical (unpaired) electrons. The zero-order valence-corrected chi connectivity index (χ0v) is 23.0. The minimum atomic E-state index is 0.226. The fourth-order valence-electron chi connectivity index (χ4n) is 5.62. The lowest BCUT2D eigenvalue weighted by atomic mass is 9.82. The van der Waals surface area contributed by atoms with Crippen LogP contribution in [-0.4, -0.2) is 19.9 Å². The fourth-order valence-corrected chi connectivity index (χ4v) is 5.62. The van der Waals surface area contributed by atoms with Crippen LogP contribution in [0.4, 0.5) is 0 Å². The first-order chi connectivity index (χ1) is 20.8. The molecule has 1 unspecified atom stereocenters. The first-order valence-corrected chi connectivity index (χ1v) is 14.1. The van der Waals surface area contributed by atoms with Crippen LogP contribution in [0, 0.1) is 0 Å². The topological polar surface area (TPSA) is 51.6 Å². The molecule has 2 aromatic carbocycles. The van der Waals surface area contributed by atoms with Crippen LogP contribution in [-0.2, 0) is 0 Å². The molecule has 42 heavy (non-hydrogen) atoms. The number of rotatable bonds is 6. The smallest absolute Gasteiger partial charge is 0.0346 e. The minimum Gasteiger partial charge on any atom is -0.264 e. The fraction of sp³-hybridized carbons (Fsp3) is 0.0526. The summed E-state index contributed by atoms with van der Waals surface area (Å²) in [5.74, 6) is 0.226. The average molecular weight is 541 g/mol. The third-order valence-electron chi connectivity index (χ3n) is 7.75. The van der Waals surface area contributed by atoms with E-state index in [-0.39, 0.29) is 5.92 Å². The number of hydrogen-bond acceptors (Lipinski definition) is 4. The molecule has 0 aliphatic heterocycles. The van der Waals surface area contributed by atoms with Gasteiger partial charge in [-0.1, -0.05) is 54.6 Å². The summed E-state index contributed by atoms with van der Waals surface area (Å²) in [5, 5.41) is 0. The number of pyridine rings is 4. The maximum atomic E-state index is 4.41. The van der Waals surface area contributed by atoms with E-state index in [2.05, 4.69) is 98.8 Å². The number of nitrogens with zero attached hydrogens (tertiary/aromatic N) is 4. The van der Waals surface area contributed by atoms with Crippen molar-refractivity contribution >= 4 is 11.1 Å². The van der Waals surface area contributed by atoms with Gasteiger partial charge in [-0.25, -0.2) is 0 Å². The average Bonchev–Trinajstić information content (AvgIpc) is 3.09. The van der Waals surface area contributed by atoms with E-state index in [1.807, 2.05) is 73.8 Å². The summed E-state index contributed by atoms with van der Waals surface area (Å²) < 4.78 is 0. The van der Waals surface area contributed by atoms with Gasteiger partial charge in [0.05, 0.1) is 0 Å². The summed E-state index contributed by atoms with van der Waals surface area (Å²) in [7, 11) is 0. The third kappa shape index (κ3) is 5.43. The molecule has 0 saturated carbocycles. The van der Waals surface area contributed by atoms with Gasteiger partial charge in [0, 0.05) is 66.6 Å². The van der Waals surface area contributed by atoms with Gasteiger partial charge in [-0.3, -0.25) is 19.9 Å². The van der Waals surface area contributed by atoms with Crippen molar-refractivity contribution in [1.82, 2.24) is 19.9 Å². The highest BCUT2D eigenvalue weighted by molar-refractivity contribution is 5.89. The molecule has 1 aliphatic carbocycles. The van der Waals surface area contributed by atoms with Crippen LogP contribution in [0.3, 0.4) is 0 Å². The Morgan fingerprint density at radius 1 is 0.452 bits per heavy atom. The van der Waals surface area contributed by atoms with Crippen LogP contribution in [0.1, 0.15) is 29.0 Å². The van der Waals surface area contributed by atoms with E-state index in [1.165, 1.54) is 22.3 Å². The lowest BCUT2D eigenvalue weighted by Crippen LogP contribution is -2.04. The van der Waals surface area contributed by atoms with Gasteiger partial charge >= 0.3 is 0 Å². The lowest BCUT2D eigenvalue weighted by molar-refractivity contribution is 0.862. The van der Waals surface area contributed by atoms with Gasteiger partial charge in [0.1, 0.15) is 0 Å². The Labute approximate surface area is 245 Å². The van der Waals surface area contributed by atoms with Gasteiger partial charge < -0.3 is 0 Å². The SMILES string of the molecule is C1=C(c2cccc(-c3cc(-c4cccnc4)cc(-c4cccnc4)c3)c2)C=C(c2cccnc2)CC1c1cccnc1. The maximum absolute atomic E-state index is 4.41. The Kier molecular flexibility index (Phi) is 7.01. The van der Waals surface area contributed by atoms with E-state index < -0.39 is 0 Å². The molecule has 4 aromatic heterocycles. The van der Waals surface area contributed by atoms with Crippen molar-refractivity contribution in [2.45, 2.75) is 12.3 Å². The van der Waals surface area contributed by atoms with Crippen LogP contribution in [0.15, 0.2) is 153 Å². The van der Waals surface area contributed by atoms with E-state index in [9.17, 15) is 0 Å². The molecule has 0 bridgehead atoms. The van der Waals surface area contributed by atoms with Gasteiger partial charge in [-0.15, -0.1) is 0 Å². The van der Waals surface area contributed by atoms with Gasteiger partial charge in [0.15, 0.2) is 0 Å². The normalized spacial score (nSPS) is 14.6. The van der Waals surface area contributed by atoms with Crippen LogP contribution in [0.2, 0.25) is 0 Å². The quantitative estimate of drug-likeness (QED) is 0.212. The Hall–Kier alpha value is -5.48. The third-order valence-corrected chi connectivity index (χ3v) is 7.75. The molecule has 4 heterocycles. The lowest BCUT2D eigenvalue weighted by Gasteiger charge is -2.23. The first kappa shape index (κ1) is 25.5. The van der Waals surface area contributed by atoms with Crippen LogP contribution in [0.25, 0.3) is 44.5 Å². The summed E-state index contributed by atoms with van der Waals surface area (Å²) in [6, 6.07) is 32.0. The molecule has 0 spiro atoms. The van der Waals surface area contributed by atoms with Crippen molar-refractivity contribution in [2.24, 2.45) is 0 Å². The van der Waals surface area contributed by atoms with Crippen LogP contribution >= 0.6 is 0 Å². The highest BCUT2D eigenvalue weighted by Gasteiger charge is 2.20. The Morgan fingerprint density at radius 3 is 1.52 bits per heavy atom. The van der Waals surface area contributed by atoms with Gasteiger partial charge in [-0.2, -0.15) is 0 Å². The van der Waals surface area contributed by atoms with E-state index in [0.717, 1.165) is 45.4 Å². The van der Waals surface area contributed by atoms with E-state index >= 15 is 0 Å². The Bertz CT molecular complexity index is 1820. The highest BCUT2D eigenvalue weighted by atomic mass is 14.6. The molecule has 200 valence electrons. The number of hydrogen-bond donors (Lipinski definition) is 0. The van der Waals surface area contributed by atoms with Crippen molar-refractivity contribution in [2.75, 3.05) is 0 Å². The molecule has 4 heteroatoms. The summed E-state index contributed by atoms with van der Waals surface area (Å²) in [4.78, 5) is 17.5. The molecule has 0 saturated heterocycles. The second-order valence-corrected chi connectivity index (χ2v) is 10.5. The first-order valence-electron chi connectivity index (χ1n) is 14.1. The molecule has 0 amide bonds. The second-order valence-electron chi connectivity index (χ2n) is 10.5. The number of benzene rings is 2. The van der Waals surface area contributed by atoms with E-state index in [1.54, 1.807) is 0 Å². The van der Waals surface area contributed by atoms with E-state index in [0.29, 0.717) is 0 Å². The van der Waals surface area contributed by atoms with Gasteiger partial charge in [0.25, 0.3) is 0 Å².